The van der Waals surface area contributed by atoms with E-state index in [0.29, 0.717) is 36.4 Å². The van der Waals surface area contributed by atoms with Crippen LogP contribution in [0.3, 0.4) is 0 Å². The zero-order chi connectivity index (χ0) is 23.9. The smallest absolute Gasteiger partial charge is 0.323 e. The van der Waals surface area contributed by atoms with Crippen LogP contribution in [0.15, 0.2) is 54.7 Å². The van der Waals surface area contributed by atoms with Crippen molar-refractivity contribution in [1.82, 2.24) is 4.98 Å². The first kappa shape index (κ1) is 23.2. The summed E-state index contributed by atoms with van der Waals surface area (Å²) in [7, 11) is -4.28. The molecule has 1 aromatic heterocycles. The summed E-state index contributed by atoms with van der Waals surface area (Å²) in [6.07, 6.45) is 4.15. The molecular weight excluding hydrogens is 483 g/mol. The van der Waals surface area contributed by atoms with Crippen molar-refractivity contribution in [2.24, 2.45) is 5.92 Å². The van der Waals surface area contributed by atoms with Crippen molar-refractivity contribution >= 4 is 44.5 Å². The molecule has 1 amide bonds. The van der Waals surface area contributed by atoms with Gasteiger partial charge in [-0.2, -0.15) is 8.42 Å². The van der Waals surface area contributed by atoms with Crippen LogP contribution < -0.4 is 5.32 Å². The first-order chi connectivity index (χ1) is 16.3. The summed E-state index contributed by atoms with van der Waals surface area (Å²) in [6, 6.07) is 12.9. The lowest BCUT2D eigenvalue weighted by Gasteiger charge is -2.37. The van der Waals surface area contributed by atoms with E-state index in [1.54, 1.807) is 36.5 Å². The van der Waals surface area contributed by atoms with Crippen molar-refractivity contribution in [3.05, 3.63) is 71.1 Å². The highest BCUT2D eigenvalue weighted by molar-refractivity contribution is 7.82. The number of nitrogens with zero attached hydrogens (tertiary/aromatic N) is 1. The van der Waals surface area contributed by atoms with E-state index in [2.05, 4.69) is 10.3 Å². The van der Waals surface area contributed by atoms with Crippen molar-refractivity contribution in [3.63, 3.8) is 0 Å². The highest BCUT2D eigenvalue weighted by atomic mass is 35.5. The van der Waals surface area contributed by atoms with Crippen LogP contribution in [0.1, 0.15) is 37.2 Å². The number of benzene rings is 2. The second kappa shape index (κ2) is 8.88. The Morgan fingerprint density at radius 2 is 1.82 bits per heavy atom. The topological polar surface area (TPSA) is 94.6 Å². The SMILES string of the molecule is O=C(Nc1ccc(Cl)cc1)C1(C2CCC(c3ccnc4ccc(F)cc34)CC2)COS(=O)(=O)O1. The molecule has 1 saturated carbocycles. The van der Waals surface area contributed by atoms with Gasteiger partial charge in [0.2, 0.25) is 0 Å². The van der Waals surface area contributed by atoms with Gasteiger partial charge in [0.25, 0.3) is 5.91 Å². The van der Waals surface area contributed by atoms with E-state index in [1.165, 1.54) is 12.1 Å². The van der Waals surface area contributed by atoms with Gasteiger partial charge in [-0.25, -0.2) is 12.8 Å². The van der Waals surface area contributed by atoms with Gasteiger partial charge in [0.15, 0.2) is 5.60 Å². The molecule has 5 rings (SSSR count). The molecular formula is C24H22ClFN2O5S. The number of hydrogen-bond donors (Lipinski definition) is 1. The van der Waals surface area contributed by atoms with Gasteiger partial charge in [0.1, 0.15) is 12.4 Å². The Bertz CT molecular complexity index is 1340. The summed E-state index contributed by atoms with van der Waals surface area (Å²) in [6.45, 7) is -0.381. The third-order valence-electron chi connectivity index (χ3n) is 6.72. The van der Waals surface area contributed by atoms with E-state index in [9.17, 15) is 17.6 Å². The molecule has 7 nitrogen and oxygen atoms in total. The molecule has 1 aliphatic heterocycles. The Kier molecular flexibility index (Phi) is 6.05. The maximum absolute atomic E-state index is 13.9. The number of anilines is 1. The van der Waals surface area contributed by atoms with Gasteiger partial charge in [0.05, 0.1) is 5.52 Å². The molecule has 178 valence electrons. The zero-order valence-corrected chi connectivity index (χ0v) is 19.6. The van der Waals surface area contributed by atoms with Gasteiger partial charge in [-0.3, -0.25) is 9.78 Å². The number of pyridine rings is 1. The Balaban J connectivity index is 1.38. The molecule has 1 unspecified atom stereocenters. The maximum atomic E-state index is 13.9. The second-order valence-electron chi connectivity index (χ2n) is 8.71. The summed E-state index contributed by atoms with van der Waals surface area (Å²) >= 11 is 5.91. The van der Waals surface area contributed by atoms with E-state index in [1.807, 2.05) is 6.07 Å². The fraction of sp³-hybridized carbons (Fsp3) is 0.333. The third kappa shape index (κ3) is 4.40. The van der Waals surface area contributed by atoms with Crippen LogP contribution in [-0.4, -0.2) is 31.5 Å². The van der Waals surface area contributed by atoms with Gasteiger partial charge in [-0.05, 0) is 85.7 Å². The van der Waals surface area contributed by atoms with Crippen LogP contribution in [-0.2, 0) is 23.6 Å². The normalized spacial score (nSPS) is 26.4. The largest absolute Gasteiger partial charge is 0.401 e. The Hall–Kier alpha value is -2.59. The fourth-order valence-electron chi connectivity index (χ4n) is 5.00. The van der Waals surface area contributed by atoms with Gasteiger partial charge in [-0.1, -0.05) is 11.6 Å². The van der Waals surface area contributed by atoms with E-state index in [4.69, 9.17) is 20.0 Å². The molecule has 1 N–H and O–H groups in total. The van der Waals surface area contributed by atoms with Gasteiger partial charge < -0.3 is 5.32 Å². The minimum Gasteiger partial charge on any atom is -0.323 e. The Morgan fingerprint density at radius 1 is 1.09 bits per heavy atom. The molecule has 2 fully saturated rings. The van der Waals surface area contributed by atoms with E-state index < -0.39 is 21.9 Å². The first-order valence-corrected chi connectivity index (χ1v) is 12.7. The number of amides is 1. The highest BCUT2D eigenvalue weighted by Gasteiger charge is 2.56. The minimum absolute atomic E-state index is 0.124. The number of halogens is 2. The van der Waals surface area contributed by atoms with E-state index in [0.717, 1.165) is 16.5 Å². The number of carbonyl (C=O) groups is 1. The fourth-order valence-corrected chi connectivity index (χ4v) is 6.12. The lowest BCUT2D eigenvalue weighted by Crippen LogP contribution is -2.52. The van der Waals surface area contributed by atoms with Gasteiger partial charge in [0, 0.05) is 28.2 Å². The van der Waals surface area contributed by atoms with Crippen molar-refractivity contribution in [2.45, 2.75) is 37.2 Å². The standard InChI is InChI=1S/C24H22ClFN2O5S/c25-17-5-8-19(9-6-17)28-23(29)24(14-32-34(30,31)33-24)16-3-1-15(2-4-16)20-11-12-27-22-10-7-18(26)13-21(20)22/h5-13,15-16H,1-4,14H2,(H,28,29). The summed E-state index contributed by atoms with van der Waals surface area (Å²) < 4.78 is 48.2. The second-order valence-corrected chi connectivity index (χ2v) is 10.4. The van der Waals surface area contributed by atoms with Crippen molar-refractivity contribution < 1.29 is 26.0 Å². The van der Waals surface area contributed by atoms with Gasteiger partial charge in [-0.15, -0.1) is 0 Å². The van der Waals surface area contributed by atoms with E-state index >= 15 is 0 Å². The monoisotopic (exact) mass is 504 g/mol. The van der Waals surface area contributed by atoms with Crippen molar-refractivity contribution in [1.29, 1.82) is 0 Å². The average molecular weight is 505 g/mol. The molecule has 2 aromatic carbocycles. The maximum Gasteiger partial charge on any atom is 0.401 e. The van der Waals surface area contributed by atoms with Crippen LogP contribution in [0.4, 0.5) is 10.1 Å². The lowest BCUT2D eigenvalue weighted by atomic mass is 9.71. The molecule has 0 bridgehead atoms. The Labute approximate surface area is 201 Å². The summed E-state index contributed by atoms with van der Waals surface area (Å²) in [5.41, 5.74) is 0.536. The zero-order valence-electron chi connectivity index (χ0n) is 18.0. The Morgan fingerprint density at radius 3 is 2.50 bits per heavy atom. The van der Waals surface area contributed by atoms with Crippen LogP contribution in [0, 0.1) is 11.7 Å². The molecule has 3 aromatic rings. The molecule has 1 atom stereocenters. The quantitative estimate of drug-likeness (QED) is 0.539. The summed E-state index contributed by atoms with van der Waals surface area (Å²) in [4.78, 5) is 17.6. The van der Waals surface area contributed by atoms with Crippen LogP contribution in [0.5, 0.6) is 0 Å². The number of fused-ring (bicyclic) bond motifs is 1. The number of carbonyl (C=O) groups excluding carboxylic acids is 1. The molecule has 2 aliphatic rings. The number of aromatic nitrogens is 1. The molecule has 2 heterocycles. The van der Waals surface area contributed by atoms with Crippen LogP contribution in [0.25, 0.3) is 10.9 Å². The molecule has 1 aliphatic carbocycles. The molecule has 0 radical (unpaired) electrons. The van der Waals surface area contributed by atoms with Crippen LogP contribution >= 0.6 is 11.6 Å². The van der Waals surface area contributed by atoms with Crippen molar-refractivity contribution in [2.75, 3.05) is 11.9 Å². The first-order valence-electron chi connectivity index (χ1n) is 11.0. The van der Waals surface area contributed by atoms with Gasteiger partial charge >= 0.3 is 10.4 Å². The molecule has 0 spiro atoms. The molecule has 34 heavy (non-hydrogen) atoms. The number of nitrogens with one attached hydrogen (secondary N) is 1. The predicted octanol–water partition coefficient (Wildman–Crippen LogP) is 4.97. The third-order valence-corrected chi connectivity index (χ3v) is 7.88. The highest BCUT2D eigenvalue weighted by Crippen LogP contribution is 2.46. The molecule has 1 saturated heterocycles. The summed E-state index contributed by atoms with van der Waals surface area (Å²) in [5.74, 6) is -1.15. The lowest BCUT2D eigenvalue weighted by molar-refractivity contribution is -0.135. The average Bonchev–Trinajstić information content (AvgIpc) is 3.17. The van der Waals surface area contributed by atoms with Crippen molar-refractivity contribution in [3.8, 4) is 0 Å². The minimum atomic E-state index is -4.28. The van der Waals surface area contributed by atoms with E-state index in [-0.39, 0.29) is 24.3 Å². The molecule has 10 heteroatoms. The summed E-state index contributed by atoms with van der Waals surface area (Å²) in [5, 5.41) is 4.02. The number of hydrogen-bond acceptors (Lipinski definition) is 6. The van der Waals surface area contributed by atoms with Crippen LogP contribution in [0.2, 0.25) is 5.02 Å². The number of rotatable bonds is 4. The predicted molar refractivity (Wildman–Crippen MR) is 125 cm³/mol.